The Bertz CT molecular complexity index is 422. The van der Waals surface area contributed by atoms with Crippen LogP contribution >= 0.6 is 0 Å². The summed E-state index contributed by atoms with van der Waals surface area (Å²) in [7, 11) is 0. The van der Waals surface area contributed by atoms with Crippen molar-refractivity contribution < 1.29 is 0 Å². The van der Waals surface area contributed by atoms with Crippen molar-refractivity contribution in [3.8, 4) is 0 Å². The van der Waals surface area contributed by atoms with Crippen LogP contribution in [0.3, 0.4) is 0 Å². The van der Waals surface area contributed by atoms with Crippen LogP contribution in [0.4, 0.5) is 0 Å². The number of hydrogen-bond acceptors (Lipinski definition) is 0. The van der Waals surface area contributed by atoms with Crippen molar-refractivity contribution in [2.75, 3.05) is 0 Å². The standard InChI is InChI=1S/C16H20/c1-11-12(2)14(4)16(13(11)3)10-15-8-6-5-7-9-15/h5-9,16H,10H2,1-4H3. The molecule has 2 rings (SSSR count). The second-order valence-electron chi connectivity index (χ2n) is 4.86. The molecule has 0 N–H and O–H groups in total. The molecule has 0 heteroatoms. The Hall–Kier alpha value is -1.30. The third kappa shape index (κ3) is 1.84. The summed E-state index contributed by atoms with van der Waals surface area (Å²) in [5, 5.41) is 0. The fourth-order valence-corrected chi connectivity index (χ4v) is 2.59. The van der Waals surface area contributed by atoms with Crippen LogP contribution in [0.2, 0.25) is 0 Å². The van der Waals surface area contributed by atoms with E-state index in [1.165, 1.54) is 16.7 Å². The third-order valence-corrected chi connectivity index (χ3v) is 4.07. The molecule has 0 atom stereocenters. The molecule has 1 aromatic carbocycles. The molecule has 0 unspecified atom stereocenters. The predicted octanol–water partition coefficient (Wildman–Crippen LogP) is 4.53. The van der Waals surface area contributed by atoms with Gasteiger partial charge in [0.15, 0.2) is 0 Å². The molecule has 0 spiro atoms. The van der Waals surface area contributed by atoms with Crippen LogP contribution in [0.1, 0.15) is 33.3 Å². The molecule has 0 aromatic heterocycles. The molecule has 0 fully saturated rings. The first-order valence-corrected chi connectivity index (χ1v) is 6.00. The third-order valence-electron chi connectivity index (χ3n) is 4.07. The van der Waals surface area contributed by atoms with Crippen LogP contribution < -0.4 is 0 Å². The lowest BCUT2D eigenvalue weighted by Gasteiger charge is -2.15. The lowest BCUT2D eigenvalue weighted by molar-refractivity contribution is 0.717. The van der Waals surface area contributed by atoms with E-state index in [4.69, 9.17) is 0 Å². The van der Waals surface area contributed by atoms with Gasteiger partial charge in [-0.25, -0.2) is 0 Å². The fourth-order valence-electron chi connectivity index (χ4n) is 2.59. The van der Waals surface area contributed by atoms with Gasteiger partial charge in [-0.2, -0.15) is 0 Å². The van der Waals surface area contributed by atoms with Crippen LogP contribution in [0.5, 0.6) is 0 Å². The summed E-state index contributed by atoms with van der Waals surface area (Å²) in [5.41, 5.74) is 7.54. The van der Waals surface area contributed by atoms with Crippen LogP contribution in [0, 0.1) is 5.92 Å². The van der Waals surface area contributed by atoms with Gasteiger partial charge < -0.3 is 0 Å². The van der Waals surface area contributed by atoms with Crippen molar-refractivity contribution in [2.24, 2.45) is 5.92 Å². The van der Waals surface area contributed by atoms with Crippen LogP contribution in [-0.2, 0) is 6.42 Å². The molecular formula is C16H20. The van der Waals surface area contributed by atoms with Gasteiger partial charge >= 0.3 is 0 Å². The van der Waals surface area contributed by atoms with Crippen molar-refractivity contribution in [1.29, 1.82) is 0 Å². The van der Waals surface area contributed by atoms with E-state index in [-0.39, 0.29) is 0 Å². The van der Waals surface area contributed by atoms with E-state index in [1.54, 1.807) is 11.1 Å². The van der Waals surface area contributed by atoms with Crippen LogP contribution in [0.15, 0.2) is 52.6 Å². The Kier molecular flexibility index (Phi) is 3.00. The van der Waals surface area contributed by atoms with Gasteiger partial charge in [0.2, 0.25) is 0 Å². The second-order valence-corrected chi connectivity index (χ2v) is 4.86. The first-order valence-electron chi connectivity index (χ1n) is 6.00. The first-order chi connectivity index (χ1) is 7.61. The summed E-state index contributed by atoms with van der Waals surface area (Å²) in [6.45, 7) is 9.06. The Morgan fingerprint density at radius 3 is 1.81 bits per heavy atom. The molecule has 1 aliphatic rings. The highest BCUT2D eigenvalue weighted by Gasteiger charge is 2.23. The van der Waals surface area contributed by atoms with Crippen LogP contribution in [-0.4, -0.2) is 0 Å². The molecule has 0 radical (unpaired) electrons. The molecule has 1 aliphatic carbocycles. The van der Waals surface area contributed by atoms with E-state index >= 15 is 0 Å². The summed E-state index contributed by atoms with van der Waals surface area (Å²) in [6, 6.07) is 10.8. The van der Waals surface area contributed by atoms with Gasteiger partial charge in [-0.1, -0.05) is 41.5 Å². The minimum absolute atomic E-state index is 0.627. The number of rotatable bonds is 2. The van der Waals surface area contributed by atoms with E-state index in [0.717, 1.165) is 6.42 Å². The monoisotopic (exact) mass is 212 g/mol. The molecule has 0 bridgehead atoms. The molecule has 0 nitrogen and oxygen atoms in total. The second kappa shape index (κ2) is 4.29. The molecule has 1 aromatic rings. The Morgan fingerprint density at radius 2 is 1.31 bits per heavy atom. The van der Waals surface area contributed by atoms with Gasteiger partial charge in [0, 0.05) is 5.92 Å². The van der Waals surface area contributed by atoms with Crippen molar-refractivity contribution in [3.63, 3.8) is 0 Å². The highest BCUT2D eigenvalue weighted by molar-refractivity contribution is 5.47. The van der Waals surface area contributed by atoms with Crippen LogP contribution in [0.25, 0.3) is 0 Å². The SMILES string of the molecule is CC1=C(C)C(Cc2ccccc2)C(C)=C1C. The van der Waals surface area contributed by atoms with Crippen molar-refractivity contribution >= 4 is 0 Å². The Labute approximate surface area is 98.7 Å². The Balaban J connectivity index is 2.25. The Morgan fingerprint density at radius 1 is 0.812 bits per heavy atom. The van der Waals surface area contributed by atoms with E-state index in [2.05, 4.69) is 58.0 Å². The summed E-state index contributed by atoms with van der Waals surface area (Å²) in [5.74, 6) is 0.627. The maximum Gasteiger partial charge on any atom is 0.00534 e. The molecule has 16 heavy (non-hydrogen) atoms. The molecule has 0 aliphatic heterocycles. The number of benzene rings is 1. The average Bonchev–Trinajstić information content (AvgIpc) is 2.48. The van der Waals surface area contributed by atoms with Gasteiger partial charge in [-0.05, 0) is 50.8 Å². The van der Waals surface area contributed by atoms with Gasteiger partial charge in [-0.3, -0.25) is 0 Å². The first kappa shape index (κ1) is 11.2. The molecule has 0 heterocycles. The van der Waals surface area contributed by atoms with Gasteiger partial charge in [0.05, 0.1) is 0 Å². The van der Waals surface area contributed by atoms with E-state index in [9.17, 15) is 0 Å². The van der Waals surface area contributed by atoms with Gasteiger partial charge in [0.25, 0.3) is 0 Å². The summed E-state index contributed by atoms with van der Waals surface area (Å²) >= 11 is 0. The smallest absolute Gasteiger partial charge is 0.00534 e. The molecule has 0 saturated heterocycles. The highest BCUT2D eigenvalue weighted by atomic mass is 14.3. The minimum Gasteiger partial charge on any atom is -0.0626 e. The largest absolute Gasteiger partial charge is 0.0626 e. The van der Waals surface area contributed by atoms with Crippen molar-refractivity contribution in [3.05, 3.63) is 58.2 Å². The van der Waals surface area contributed by atoms with Crippen molar-refractivity contribution in [1.82, 2.24) is 0 Å². The summed E-state index contributed by atoms with van der Waals surface area (Å²) in [4.78, 5) is 0. The van der Waals surface area contributed by atoms with E-state index < -0.39 is 0 Å². The molecule has 84 valence electrons. The molecular weight excluding hydrogens is 192 g/mol. The normalized spacial score (nSPS) is 17.5. The molecule has 0 saturated carbocycles. The summed E-state index contributed by atoms with van der Waals surface area (Å²) < 4.78 is 0. The number of hydrogen-bond donors (Lipinski definition) is 0. The number of allylic oxidation sites excluding steroid dienone is 4. The zero-order chi connectivity index (χ0) is 11.7. The predicted molar refractivity (Wildman–Crippen MR) is 70.4 cm³/mol. The average molecular weight is 212 g/mol. The van der Waals surface area contributed by atoms with Gasteiger partial charge in [-0.15, -0.1) is 0 Å². The summed E-state index contributed by atoms with van der Waals surface area (Å²) in [6.07, 6.45) is 1.15. The maximum absolute atomic E-state index is 2.28. The minimum atomic E-state index is 0.627. The molecule has 0 amide bonds. The fraction of sp³-hybridized carbons (Fsp3) is 0.375. The van der Waals surface area contributed by atoms with Gasteiger partial charge in [0.1, 0.15) is 0 Å². The van der Waals surface area contributed by atoms with E-state index in [1.807, 2.05) is 0 Å². The maximum atomic E-state index is 2.28. The highest BCUT2D eigenvalue weighted by Crippen LogP contribution is 2.38. The van der Waals surface area contributed by atoms with E-state index in [0.29, 0.717) is 5.92 Å². The van der Waals surface area contributed by atoms with Crippen molar-refractivity contribution in [2.45, 2.75) is 34.1 Å². The topological polar surface area (TPSA) is 0 Å². The lowest BCUT2D eigenvalue weighted by Crippen LogP contribution is -2.05. The quantitative estimate of drug-likeness (QED) is 0.675. The zero-order valence-electron chi connectivity index (χ0n) is 10.7. The lowest BCUT2D eigenvalue weighted by atomic mass is 9.90. The zero-order valence-corrected chi connectivity index (χ0v) is 10.7.